The van der Waals surface area contributed by atoms with Gasteiger partial charge in [0.2, 0.25) is 5.95 Å². The lowest BCUT2D eigenvalue weighted by Gasteiger charge is -2.05. The van der Waals surface area contributed by atoms with Crippen LogP contribution in [0.15, 0.2) is 6.20 Å². The summed E-state index contributed by atoms with van der Waals surface area (Å²) in [6, 6.07) is 0. The van der Waals surface area contributed by atoms with Crippen molar-refractivity contribution in [2.45, 2.75) is 26.9 Å². The molecule has 1 N–H and O–H groups in total. The topological polar surface area (TPSA) is 56.9 Å². The standard InChI is InChI=1S/C12H18FN5O.ClH/c1-5-18-11(13)9(8(2)15-18)6-14-10-7-17(3)16-12(10)19-4;/h7,14H,5-6H2,1-4H3;1H. The summed E-state index contributed by atoms with van der Waals surface area (Å²) in [5.74, 6) is 0.193. The molecular formula is C12H19ClFN5O. The maximum Gasteiger partial charge on any atom is 0.256 e. The molecule has 20 heavy (non-hydrogen) atoms. The number of rotatable bonds is 5. The van der Waals surface area contributed by atoms with Crippen LogP contribution in [0.25, 0.3) is 0 Å². The molecule has 2 aromatic rings. The molecule has 0 atom stereocenters. The number of aromatic nitrogens is 4. The second kappa shape index (κ2) is 6.60. The van der Waals surface area contributed by atoms with Gasteiger partial charge in [-0.05, 0) is 13.8 Å². The van der Waals surface area contributed by atoms with Crippen molar-refractivity contribution in [3.05, 3.63) is 23.4 Å². The second-order valence-electron chi connectivity index (χ2n) is 4.25. The first-order chi connectivity index (χ1) is 9.06. The Hall–Kier alpha value is -1.76. The van der Waals surface area contributed by atoms with E-state index in [2.05, 4.69) is 15.5 Å². The number of ether oxygens (including phenoxy) is 1. The van der Waals surface area contributed by atoms with Crippen molar-refractivity contribution >= 4 is 18.1 Å². The van der Waals surface area contributed by atoms with Crippen LogP contribution in [-0.4, -0.2) is 26.7 Å². The van der Waals surface area contributed by atoms with Gasteiger partial charge < -0.3 is 10.1 Å². The summed E-state index contributed by atoms with van der Waals surface area (Å²) < 4.78 is 22.1. The van der Waals surface area contributed by atoms with Crippen LogP contribution in [0.1, 0.15) is 18.2 Å². The minimum absolute atomic E-state index is 0. The molecule has 0 saturated carbocycles. The largest absolute Gasteiger partial charge is 0.478 e. The van der Waals surface area contributed by atoms with E-state index < -0.39 is 0 Å². The van der Waals surface area contributed by atoms with Crippen molar-refractivity contribution in [3.8, 4) is 5.88 Å². The molecule has 2 aromatic heterocycles. The third-order valence-electron chi connectivity index (χ3n) is 2.93. The zero-order chi connectivity index (χ0) is 14.0. The van der Waals surface area contributed by atoms with E-state index in [1.165, 1.54) is 4.68 Å². The van der Waals surface area contributed by atoms with Crippen LogP contribution < -0.4 is 10.1 Å². The summed E-state index contributed by atoms with van der Waals surface area (Å²) in [4.78, 5) is 0. The van der Waals surface area contributed by atoms with Crippen molar-refractivity contribution in [2.75, 3.05) is 12.4 Å². The molecule has 0 bridgehead atoms. The first kappa shape index (κ1) is 16.3. The lowest BCUT2D eigenvalue weighted by molar-refractivity contribution is 0.393. The smallest absolute Gasteiger partial charge is 0.256 e. The molecule has 112 valence electrons. The van der Waals surface area contributed by atoms with Crippen LogP contribution in [0, 0.1) is 12.9 Å². The maximum absolute atomic E-state index is 14.0. The van der Waals surface area contributed by atoms with Gasteiger partial charge in [0.25, 0.3) is 5.88 Å². The molecule has 0 radical (unpaired) electrons. The summed E-state index contributed by atoms with van der Waals surface area (Å²) in [5.41, 5.74) is 1.98. The number of anilines is 1. The van der Waals surface area contributed by atoms with Gasteiger partial charge in [-0.2, -0.15) is 9.49 Å². The Balaban J connectivity index is 0.00000200. The molecular weight excluding hydrogens is 285 g/mol. The lowest BCUT2D eigenvalue weighted by atomic mass is 10.2. The average molecular weight is 304 g/mol. The van der Waals surface area contributed by atoms with E-state index in [1.54, 1.807) is 32.0 Å². The fourth-order valence-electron chi connectivity index (χ4n) is 1.92. The summed E-state index contributed by atoms with van der Waals surface area (Å²) in [6.07, 6.45) is 1.79. The fraction of sp³-hybridized carbons (Fsp3) is 0.500. The van der Waals surface area contributed by atoms with Crippen LogP contribution >= 0.6 is 12.4 Å². The Labute approximate surface area is 123 Å². The van der Waals surface area contributed by atoms with E-state index in [-0.39, 0.29) is 18.4 Å². The first-order valence-electron chi connectivity index (χ1n) is 6.10. The van der Waals surface area contributed by atoms with Crippen molar-refractivity contribution in [2.24, 2.45) is 7.05 Å². The fourth-order valence-corrected chi connectivity index (χ4v) is 1.92. The molecule has 0 fully saturated rings. The highest BCUT2D eigenvalue weighted by atomic mass is 35.5. The Morgan fingerprint density at radius 3 is 2.65 bits per heavy atom. The molecule has 8 heteroatoms. The van der Waals surface area contributed by atoms with E-state index in [0.29, 0.717) is 30.2 Å². The van der Waals surface area contributed by atoms with Crippen molar-refractivity contribution in [1.82, 2.24) is 19.6 Å². The van der Waals surface area contributed by atoms with Crippen LogP contribution in [0.5, 0.6) is 5.88 Å². The van der Waals surface area contributed by atoms with Gasteiger partial charge in [0, 0.05) is 25.7 Å². The number of halogens is 2. The Bertz CT molecular complexity index is 581. The highest BCUT2D eigenvalue weighted by molar-refractivity contribution is 5.85. The molecule has 0 aromatic carbocycles. The molecule has 0 saturated heterocycles. The van der Waals surface area contributed by atoms with Gasteiger partial charge in [0.05, 0.1) is 19.0 Å². The number of aryl methyl sites for hydroxylation is 3. The minimum atomic E-state index is -0.296. The summed E-state index contributed by atoms with van der Waals surface area (Å²) in [6.45, 7) is 4.52. The van der Waals surface area contributed by atoms with Crippen LogP contribution in [0.4, 0.5) is 10.1 Å². The van der Waals surface area contributed by atoms with Gasteiger partial charge >= 0.3 is 0 Å². The summed E-state index contributed by atoms with van der Waals surface area (Å²) in [5, 5.41) is 11.4. The first-order valence-corrected chi connectivity index (χ1v) is 6.10. The Morgan fingerprint density at radius 1 is 1.40 bits per heavy atom. The normalized spacial score (nSPS) is 10.2. The highest BCUT2D eigenvalue weighted by Crippen LogP contribution is 2.22. The SMILES string of the molecule is CCn1nc(C)c(CNc2cn(C)nc2OC)c1F.Cl. The molecule has 2 rings (SSSR count). The molecule has 0 aliphatic rings. The third kappa shape index (κ3) is 3.04. The van der Waals surface area contributed by atoms with E-state index in [0.717, 1.165) is 5.69 Å². The number of hydrogen-bond acceptors (Lipinski definition) is 4. The molecule has 6 nitrogen and oxygen atoms in total. The lowest BCUT2D eigenvalue weighted by Crippen LogP contribution is -2.04. The molecule has 0 spiro atoms. The molecule has 2 heterocycles. The predicted octanol–water partition coefficient (Wildman–Crippen LogP) is 2.13. The predicted molar refractivity (Wildman–Crippen MR) is 76.9 cm³/mol. The number of nitrogens with one attached hydrogen (secondary N) is 1. The maximum atomic E-state index is 14.0. The number of methoxy groups -OCH3 is 1. The van der Waals surface area contributed by atoms with Gasteiger partial charge in [-0.25, -0.2) is 4.68 Å². The summed E-state index contributed by atoms with van der Waals surface area (Å²) >= 11 is 0. The summed E-state index contributed by atoms with van der Waals surface area (Å²) in [7, 11) is 3.35. The van der Waals surface area contributed by atoms with E-state index in [9.17, 15) is 4.39 Å². The van der Waals surface area contributed by atoms with E-state index in [1.807, 2.05) is 6.92 Å². The van der Waals surface area contributed by atoms with Gasteiger partial charge in [0.1, 0.15) is 5.69 Å². The van der Waals surface area contributed by atoms with Gasteiger partial charge in [0.15, 0.2) is 0 Å². The molecule has 0 unspecified atom stereocenters. The number of nitrogens with zero attached hydrogens (tertiary/aromatic N) is 4. The zero-order valence-electron chi connectivity index (χ0n) is 12.0. The Kier molecular flexibility index (Phi) is 5.38. The zero-order valence-corrected chi connectivity index (χ0v) is 12.8. The quantitative estimate of drug-likeness (QED) is 0.919. The molecule has 0 aliphatic heterocycles. The minimum Gasteiger partial charge on any atom is -0.478 e. The van der Waals surface area contributed by atoms with Crippen LogP contribution in [0.3, 0.4) is 0 Å². The average Bonchev–Trinajstić information content (AvgIpc) is 2.88. The highest BCUT2D eigenvalue weighted by Gasteiger charge is 2.15. The third-order valence-corrected chi connectivity index (χ3v) is 2.93. The number of hydrogen-bond donors (Lipinski definition) is 1. The van der Waals surface area contributed by atoms with Crippen molar-refractivity contribution in [1.29, 1.82) is 0 Å². The van der Waals surface area contributed by atoms with Crippen molar-refractivity contribution in [3.63, 3.8) is 0 Å². The monoisotopic (exact) mass is 303 g/mol. The van der Waals surface area contributed by atoms with Crippen LogP contribution in [-0.2, 0) is 20.1 Å². The second-order valence-corrected chi connectivity index (χ2v) is 4.25. The van der Waals surface area contributed by atoms with Gasteiger partial charge in [-0.15, -0.1) is 17.5 Å². The molecule has 0 aliphatic carbocycles. The van der Waals surface area contributed by atoms with Crippen molar-refractivity contribution < 1.29 is 9.13 Å². The van der Waals surface area contributed by atoms with E-state index in [4.69, 9.17) is 4.74 Å². The van der Waals surface area contributed by atoms with Gasteiger partial charge in [-0.3, -0.25) is 4.68 Å². The molecule has 0 amide bonds. The van der Waals surface area contributed by atoms with E-state index >= 15 is 0 Å². The van der Waals surface area contributed by atoms with Crippen LogP contribution in [0.2, 0.25) is 0 Å². The van der Waals surface area contributed by atoms with Gasteiger partial charge in [-0.1, -0.05) is 0 Å². The Morgan fingerprint density at radius 2 is 2.10 bits per heavy atom.